The molecule has 0 aliphatic carbocycles. The van der Waals surface area contributed by atoms with Crippen LogP contribution in [0.25, 0.3) is 10.2 Å². The standard InChI is InChI=1S/C22H21N3O6S/c1-11-23-16-7-13(4-5-19(16)32-11)25-10-12(6-20(25)26)21(27)24-15-9-18(31-3)17(30-2)8-14(15)22(28)29/h4-5,7-9,12H,6,10H2,1-3H3,(H,24,27)(H,28,29). The van der Waals surface area contributed by atoms with E-state index in [9.17, 15) is 19.5 Å². The maximum absolute atomic E-state index is 12.9. The van der Waals surface area contributed by atoms with E-state index in [2.05, 4.69) is 10.3 Å². The third-order valence-corrected chi connectivity index (χ3v) is 6.25. The van der Waals surface area contributed by atoms with Crippen LogP contribution in [0.3, 0.4) is 0 Å². The van der Waals surface area contributed by atoms with Gasteiger partial charge in [-0.3, -0.25) is 9.59 Å². The SMILES string of the molecule is COc1cc(NC(=O)C2CC(=O)N(c3ccc4sc(C)nc4c3)C2)c(C(=O)O)cc1OC. The summed E-state index contributed by atoms with van der Waals surface area (Å²) in [7, 11) is 2.81. The van der Waals surface area contributed by atoms with Crippen LogP contribution >= 0.6 is 11.3 Å². The molecule has 0 saturated carbocycles. The van der Waals surface area contributed by atoms with Crippen LogP contribution in [0.1, 0.15) is 21.8 Å². The predicted molar refractivity (Wildman–Crippen MR) is 120 cm³/mol. The van der Waals surface area contributed by atoms with Gasteiger partial charge in [0, 0.05) is 30.8 Å². The number of carboxylic acids is 1. The molecule has 2 aromatic carbocycles. The number of aromatic carboxylic acids is 1. The number of aromatic nitrogens is 1. The van der Waals surface area contributed by atoms with Crippen molar-refractivity contribution < 1.29 is 29.0 Å². The summed E-state index contributed by atoms with van der Waals surface area (Å²) in [6.07, 6.45) is 0.0235. The van der Waals surface area contributed by atoms with Crippen LogP contribution in [-0.4, -0.2) is 48.6 Å². The molecule has 3 aromatic rings. The van der Waals surface area contributed by atoms with E-state index in [4.69, 9.17) is 9.47 Å². The molecule has 0 bridgehead atoms. The van der Waals surface area contributed by atoms with Gasteiger partial charge in [-0.05, 0) is 25.1 Å². The highest BCUT2D eigenvalue weighted by Crippen LogP contribution is 2.35. The van der Waals surface area contributed by atoms with Crippen LogP contribution in [0.5, 0.6) is 11.5 Å². The Morgan fingerprint density at radius 3 is 2.59 bits per heavy atom. The monoisotopic (exact) mass is 455 g/mol. The minimum absolute atomic E-state index is 0.0235. The fraction of sp³-hybridized carbons (Fsp3) is 0.273. The first-order chi connectivity index (χ1) is 15.3. The molecule has 0 spiro atoms. The third-order valence-electron chi connectivity index (χ3n) is 5.30. The van der Waals surface area contributed by atoms with Crippen molar-refractivity contribution in [2.75, 3.05) is 31.0 Å². The van der Waals surface area contributed by atoms with Gasteiger partial charge in [0.15, 0.2) is 11.5 Å². The van der Waals surface area contributed by atoms with Gasteiger partial charge in [0.05, 0.1) is 46.6 Å². The van der Waals surface area contributed by atoms with Crippen molar-refractivity contribution in [1.82, 2.24) is 4.98 Å². The van der Waals surface area contributed by atoms with Crippen molar-refractivity contribution in [2.45, 2.75) is 13.3 Å². The normalized spacial score (nSPS) is 15.8. The van der Waals surface area contributed by atoms with E-state index in [-0.39, 0.29) is 41.6 Å². The summed E-state index contributed by atoms with van der Waals surface area (Å²) in [5, 5.41) is 13.1. The second-order valence-corrected chi connectivity index (χ2v) is 8.57. The number of aryl methyl sites for hydroxylation is 1. The Balaban J connectivity index is 1.55. The largest absolute Gasteiger partial charge is 0.493 e. The molecule has 1 unspecified atom stereocenters. The van der Waals surface area contributed by atoms with E-state index in [0.717, 1.165) is 15.2 Å². The van der Waals surface area contributed by atoms with Crippen LogP contribution in [0.2, 0.25) is 0 Å². The van der Waals surface area contributed by atoms with Crippen LogP contribution in [0.4, 0.5) is 11.4 Å². The lowest BCUT2D eigenvalue weighted by atomic mass is 10.1. The number of methoxy groups -OCH3 is 2. The summed E-state index contributed by atoms with van der Waals surface area (Å²) in [4.78, 5) is 43.3. The Bertz CT molecular complexity index is 1240. The minimum atomic E-state index is -1.22. The summed E-state index contributed by atoms with van der Waals surface area (Å²) in [5.41, 5.74) is 1.43. The molecule has 32 heavy (non-hydrogen) atoms. The maximum atomic E-state index is 12.9. The number of nitrogens with zero attached hydrogens (tertiary/aromatic N) is 2. The Hall–Kier alpha value is -3.66. The van der Waals surface area contributed by atoms with Gasteiger partial charge in [-0.15, -0.1) is 11.3 Å². The zero-order valence-electron chi connectivity index (χ0n) is 17.7. The first kappa shape index (κ1) is 21.6. The number of rotatable bonds is 6. The number of amides is 2. The fourth-order valence-electron chi connectivity index (χ4n) is 3.73. The topological polar surface area (TPSA) is 118 Å². The highest BCUT2D eigenvalue weighted by molar-refractivity contribution is 7.18. The lowest BCUT2D eigenvalue weighted by Gasteiger charge is -2.17. The highest BCUT2D eigenvalue weighted by atomic mass is 32.1. The van der Waals surface area contributed by atoms with Crippen LogP contribution in [0.15, 0.2) is 30.3 Å². The van der Waals surface area contributed by atoms with Crippen molar-refractivity contribution in [3.8, 4) is 11.5 Å². The summed E-state index contributed by atoms with van der Waals surface area (Å²) >= 11 is 1.57. The Morgan fingerprint density at radius 2 is 1.91 bits per heavy atom. The second kappa shape index (κ2) is 8.46. The van der Waals surface area contributed by atoms with Crippen molar-refractivity contribution in [3.63, 3.8) is 0 Å². The molecule has 166 valence electrons. The van der Waals surface area contributed by atoms with Crippen LogP contribution in [-0.2, 0) is 9.59 Å². The number of carbonyl (C=O) groups is 3. The zero-order chi connectivity index (χ0) is 23.0. The fourth-order valence-corrected chi connectivity index (χ4v) is 4.53. The number of hydrogen-bond acceptors (Lipinski definition) is 7. The molecular formula is C22H21N3O6S. The van der Waals surface area contributed by atoms with E-state index in [1.165, 1.54) is 26.4 Å². The molecule has 2 heterocycles. The number of hydrogen-bond donors (Lipinski definition) is 2. The molecule has 1 aliphatic heterocycles. The summed E-state index contributed by atoms with van der Waals surface area (Å²) in [5.74, 6) is -1.97. The van der Waals surface area contributed by atoms with Crippen LogP contribution in [0, 0.1) is 12.8 Å². The van der Waals surface area contributed by atoms with Gasteiger partial charge in [0.2, 0.25) is 11.8 Å². The summed E-state index contributed by atoms with van der Waals surface area (Å²) < 4.78 is 11.4. The second-order valence-electron chi connectivity index (χ2n) is 7.34. The van der Waals surface area contributed by atoms with E-state index in [1.807, 2.05) is 25.1 Å². The highest BCUT2D eigenvalue weighted by Gasteiger charge is 2.36. The number of nitrogens with one attached hydrogen (secondary N) is 1. The lowest BCUT2D eigenvalue weighted by molar-refractivity contribution is -0.122. The molecule has 1 aliphatic rings. The lowest BCUT2D eigenvalue weighted by Crippen LogP contribution is -2.28. The van der Waals surface area contributed by atoms with Gasteiger partial charge < -0.3 is 24.8 Å². The Morgan fingerprint density at radius 1 is 1.19 bits per heavy atom. The molecular weight excluding hydrogens is 434 g/mol. The van der Waals surface area contributed by atoms with E-state index >= 15 is 0 Å². The zero-order valence-corrected chi connectivity index (χ0v) is 18.5. The molecule has 9 nitrogen and oxygen atoms in total. The summed E-state index contributed by atoms with van der Waals surface area (Å²) in [6, 6.07) is 8.28. The van der Waals surface area contributed by atoms with Gasteiger partial charge >= 0.3 is 5.97 Å². The number of benzene rings is 2. The number of thiazole rings is 1. The van der Waals surface area contributed by atoms with Crippen molar-refractivity contribution in [3.05, 3.63) is 40.9 Å². The molecule has 2 N–H and O–H groups in total. The van der Waals surface area contributed by atoms with Gasteiger partial charge in [-0.1, -0.05) is 0 Å². The Kier molecular flexibility index (Phi) is 5.70. The van der Waals surface area contributed by atoms with Crippen LogP contribution < -0.4 is 19.7 Å². The molecule has 4 rings (SSSR count). The molecule has 1 saturated heterocycles. The van der Waals surface area contributed by atoms with Gasteiger partial charge in [0.25, 0.3) is 0 Å². The first-order valence-corrected chi connectivity index (χ1v) is 10.6. The van der Waals surface area contributed by atoms with E-state index < -0.39 is 17.8 Å². The van der Waals surface area contributed by atoms with E-state index in [1.54, 1.807) is 16.2 Å². The quantitative estimate of drug-likeness (QED) is 0.585. The van der Waals surface area contributed by atoms with Gasteiger partial charge in [0.1, 0.15) is 0 Å². The van der Waals surface area contributed by atoms with Gasteiger partial charge in [-0.2, -0.15) is 0 Å². The maximum Gasteiger partial charge on any atom is 0.337 e. The average Bonchev–Trinajstić information content (AvgIpc) is 3.34. The molecule has 1 aromatic heterocycles. The number of anilines is 2. The minimum Gasteiger partial charge on any atom is -0.493 e. The Labute approximate surface area is 187 Å². The molecule has 2 amide bonds. The molecule has 1 fully saturated rings. The van der Waals surface area contributed by atoms with Gasteiger partial charge in [-0.25, -0.2) is 9.78 Å². The predicted octanol–water partition coefficient (Wildman–Crippen LogP) is 3.31. The first-order valence-electron chi connectivity index (χ1n) is 9.78. The number of fused-ring (bicyclic) bond motifs is 1. The van der Waals surface area contributed by atoms with Crippen molar-refractivity contribution >= 4 is 50.7 Å². The average molecular weight is 455 g/mol. The van der Waals surface area contributed by atoms with Crippen molar-refractivity contribution in [2.24, 2.45) is 5.92 Å². The molecule has 10 heteroatoms. The summed E-state index contributed by atoms with van der Waals surface area (Å²) in [6.45, 7) is 2.11. The molecule has 0 radical (unpaired) electrons. The number of ether oxygens (including phenoxy) is 2. The third kappa shape index (κ3) is 3.96. The number of carboxylic acid groups (broad SMARTS) is 1. The number of carbonyl (C=O) groups excluding carboxylic acids is 2. The van der Waals surface area contributed by atoms with E-state index in [0.29, 0.717) is 5.69 Å². The smallest absolute Gasteiger partial charge is 0.337 e. The van der Waals surface area contributed by atoms with Crippen molar-refractivity contribution in [1.29, 1.82) is 0 Å². The molecule has 1 atom stereocenters.